The Morgan fingerprint density at radius 3 is 2.12 bits per heavy atom. The smallest absolute Gasteiger partial charge is 0.305 e. The summed E-state index contributed by atoms with van der Waals surface area (Å²) in [5.41, 5.74) is 5.62. The highest BCUT2D eigenvalue weighted by Gasteiger charge is 2.29. The fraction of sp³-hybridized carbons (Fsp3) is 0.684. The number of amides is 4. The molecule has 194 valence electrons. The lowest BCUT2D eigenvalue weighted by molar-refractivity contribution is -0.141. The summed E-state index contributed by atoms with van der Waals surface area (Å²) in [6.07, 6.45) is 0.288. The molecule has 0 spiro atoms. The Morgan fingerprint density at radius 2 is 1.56 bits per heavy atom. The standard InChI is InChI=1S/C19H33N5O9S/c1-12(26)22-10-13(20)17(29)23-14(9-16(27)28)19(31)24-15(11-34)18(30)21-3-6-33-8-7-32-5-2-4-25/h4,13-15,34H,2-3,5-11,20H2,1H3,(H,21,30)(H,22,26)(H,23,29)(H,24,31)(H,27,28)/t13-,14-,15-/m0/s1. The summed E-state index contributed by atoms with van der Waals surface area (Å²) in [6.45, 7) is 2.17. The summed E-state index contributed by atoms with van der Waals surface area (Å²) >= 11 is 4.02. The van der Waals surface area contributed by atoms with Crippen LogP contribution < -0.4 is 27.0 Å². The van der Waals surface area contributed by atoms with Crippen molar-refractivity contribution in [2.45, 2.75) is 37.9 Å². The Hall–Kier alpha value is -2.75. The zero-order valence-electron chi connectivity index (χ0n) is 18.9. The number of carboxylic acids is 1. The van der Waals surface area contributed by atoms with Gasteiger partial charge in [-0.05, 0) is 0 Å². The quantitative estimate of drug-likeness (QED) is 0.0521. The molecule has 7 N–H and O–H groups in total. The van der Waals surface area contributed by atoms with Gasteiger partial charge in [-0.25, -0.2) is 0 Å². The number of hydrogen-bond donors (Lipinski definition) is 7. The van der Waals surface area contributed by atoms with E-state index < -0.39 is 54.1 Å². The van der Waals surface area contributed by atoms with E-state index in [1.807, 2.05) is 0 Å². The van der Waals surface area contributed by atoms with Gasteiger partial charge < -0.3 is 46.4 Å². The first kappa shape index (κ1) is 31.2. The lowest BCUT2D eigenvalue weighted by Gasteiger charge is -2.22. The first-order valence-electron chi connectivity index (χ1n) is 10.4. The molecule has 0 aromatic heterocycles. The Bertz CT molecular complexity index is 695. The molecule has 14 nitrogen and oxygen atoms in total. The minimum Gasteiger partial charge on any atom is -0.481 e. The molecule has 0 aliphatic rings. The third-order valence-electron chi connectivity index (χ3n) is 4.03. The zero-order chi connectivity index (χ0) is 25.9. The third kappa shape index (κ3) is 15.2. The Kier molecular flexibility index (Phi) is 17.1. The van der Waals surface area contributed by atoms with Gasteiger partial charge in [-0.1, -0.05) is 0 Å². The molecule has 0 rings (SSSR count). The number of rotatable bonds is 19. The SMILES string of the molecule is CC(=O)NC[C@H](N)C(=O)N[C@@H](CC(=O)O)C(=O)N[C@@H](CS)C(=O)NCCOCCOCCC=O. The lowest BCUT2D eigenvalue weighted by atomic mass is 10.1. The van der Waals surface area contributed by atoms with Crippen LogP contribution in [0, 0.1) is 0 Å². The van der Waals surface area contributed by atoms with E-state index in [0.717, 1.165) is 6.29 Å². The molecule has 0 aliphatic heterocycles. The number of aliphatic carboxylic acids is 1. The highest BCUT2D eigenvalue weighted by Crippen LogP contribution is 1.98. The van der Waals surface area contributed by atoms with Crippen LogP contribution in [-0.4, -0.2) is 104 Å². The molecule has 4 amide bonds. The van der Waals surface area contributed by atoms with Gasteiger partial charge in [0.15, 0.2) is 0 Å². The van der Waals surface area contributed by atoms with Gasteiger partial charge in [0.2, 0.25) is 23.6 Å². The number of aldehydes is 1. The molecule has 0 radical (unpaired) electrons. The van der Waals surface area contributed by atoms with E-state index in [-0.39, 0.29) is 32.1 Å². The summed E-state index contributed by atoms with van der Waals surface area (Å²) in [7, 11) is 0. The van der Waals surface area contributed by atoms with Crippen LogP contribution in [0.5, 0.6) is 0 Å². The van der Waals surface area contributed by atoms with Gasteiger partial charge in [0.1, 0.15) is 24.4 Å². The van der Waals surface area contributed by atoms with Crippen molar-refractivity contribution < 1.29 is 43.3 Å². The summed E-state index contributed by atoms with van der Waals surface area (Å²) in [6, 6.07) is -3.83. The van der Waals surface area contributed by atoms with Crippen molar-refractivity contribution in [3.8, 4) is 0 Å². The third-order valence-corrected chi connectivity index (χ3v) is 4.40. The van der Waals surface area contributed by atoms with Crippen molar-refractivity contribution >= 4 is 48.5 Å². The van der Waals surface area contributed by atoms with Crippen LogP contribution in [0.15, 0.2) is 0 Å². The fourth-order valence-corrected chi connectivity index (χ4v) is 2.56. The second-order valence-corrected chi connectivity index (χ2v) is 7.28. The normalized spacial score (nSPS) is 13.1. The molecule has 0 fully saturated rings. The topological polar surface area (TPSA) is 215 Å². The van der Waals surface area contributed by atoms with Crippen molar-refractivity contribution in [1.29, 1.82) is 0 Å². The fourth-order valence-electron chi connectivity index (χ4n) is 2.30. The lowest BCUT2D eigenvalue weighted by Crippen LogP contribution is -2.58. The monoisotopic (exact) mass is 507 g/mol. The van der Waals surface area contributed by atoms with E-state index in [9.17, 15) is 28.8 Å². The van der Waals surface area contributed by atoms with Crippen molar-refractivity contribution in [2.75, 3.05) is 45.3 Å². The second kappa shape index (κ2) is 18.7. The van der Waals surface area contributed by atoms with Crippen LogP contribution in [-0.2, 0) is 38.2 Å². The second-order valence-electron chi connectivity index (χ2n) is 6.92. The van der Waals surface area contributed by atoms with E-state index >= 15 is 0 Å². The van der Waals surface area contributed by atoms with Gasteiger partial charge in [0.05, 0.1) is 32.8 Å². The molecule has 0 saturated carbocycles. The summed E-state index contributed by atoms with van der Waals surface area (Å²) in [5, 5.41) is 18.5. The predicted octanol–water partition coefficient (Wildman–Crippen LogP) is -3.44. The Labute approximate surface area is 202 Å². The van der Waals surface area contributed by atoms with Crippen LogP contribution in [0.1, 0.15) is 19.8 Å². The molecule has 0 saturated heterocycles. The molecule has 0 aromatic rings. The number of nitrogens with two attached hydrogens (primary N) is 1. The minimum atomic E-state index is -1.51. The van der Waals surface area contributed by atoms with E-state index in [1.165, 1.54) is 6.92 Å². The molecule has 34 heavy (non-hydrogen) atoms. The molecule has 3 atom stereocenters. The zero-order valence-corrected chi connectivity index (χ0v) is 19.8. The first-order chi connectivity index (χ1) is 16.1. The minimum absolute atomic E-state index is 0.0984. The van der Waals surface area contributed by atoms with E-state index in [2.05, 4.69) is 33.9 Å². The van der Waals surface area contributed by atoms with Gasteiger partial charge in [-0.2, -0.15) is 12.6 Å². The highest BCUT2D eigenvalue weighted by molar-refractivity contribution is 7.80. The molecule has 0 heterocycles. The van der Waals surface area contributed by atoms with Gasteiger partial charge >= 0.3 is 5.97 Å². The Balaban J connectivity index is 4.62. The number of thiol groups is 1. The van der Waals surface area contributed by atoms with E-state index in [0.29, 0.717) is 19.6 Å². The van der Waals surface area contributed by atoms with E-state index in [1.54, 1.807) is 0 Å². The summed E-state index contributed by atoms with van der Waals surface area (Å²) in [5.74, 6) is -4.24. The largest absolute Gasteiger partial charge is 0.481 e. The number of hydrogen-bond acceptors (Lipinski definition) is 10. The van der Waals surface area contributed by atoms with Gasteiger partial charge in [-0.3, -0.25) is 24.0 Å². The molecule has 0 aliphatic carbocycles. The first-order valence-corrected chi connectivity index (χ1v) is 11.1. The molecule has 15 heteroatoms. The number of carbonyl (C=O) groups is 6. The molecule has 0 bridgehead atoms. The number of ether oxygens (including phenoxy) is 2. The maximum absolute atomic E-state index is 12.5. The van der Waals surface area contributed by atoms with Crippen LogP contribution in [0.4, 0.5) is 0 Å². The number of carbonyl (C=O) groups excluding carboxylic acids is 5. The van der Waals surface area contributed by atoms with Crippen LogP contribution in [0.2, 0.25) is 0 Å². The van der Waals surface area contributed by atoms with Gasteiger partial charge in [0.25, 0.3) is 0 Å². The molecule has 0 unspecified atom stereocenters. The molecule has 0 aromatic carbocycles. The predicted molar refractivity (Wildman–Crippen MR) is 122 cm³/mol. The summed E-state index contributed by atoms with van der Waals surface area (Å²) in [4.78, 5) is 69.2. The van der Waals surface area contributed by atoms with Gasteiger partial charge in [-0.15, -0.1) is 0 Å². The Morgan fingerprint density at radius 1 is 0.941 bits per heavy atom. The maximum Gasteiger partial charge on any atom is 0.305 e. The highest BCUT2D eigenvalue weighted by atomic mass is 32.1. The summed E-state index contributed by atoms with van der Waals surface area (Å²) < 4.78 is 10.4. The van der Waals surface area contributed by atoms with Crippen molar-refractivity contribution in [1.82, 2.24) is 21.3 Å². The van der Waals surface area contributed by atoms with Crippen molar-refractivity contribution in [2.24, 2.45) is 5.73 Å². The number of nitrogens with one attached hydrogen (secondary N) is 4. The van der Waals surface area contributed by atoms with Gasteiger partial charge in [0, 0.05) is 32.2 Å². The van der Waals surface area contributed by atoms with Crippen molar-refractivity contribution in [3.05, 3.63) is 0 Å². The number of carboxylic acid groups (broad SMARTS) is 1. The van der Waals surface area contributed by atoms with E-state index in [4.69, 9.17) is 20.3 Å². The average molecular weight is 508 g/mol. The molecular formula is C19H33N5O9S. The van der Waals surface area contributed by atoms with Crippen LogP contribution in [0.3, 0.4) is 0 Å². The average Bonchev–Trinajstić information content (AvgIpc) is 2.78. The van der Waals surface area contributed by atoms with Crippen LogP contribution >= 0.6 is 12.6 Å². The van der Waals surface area contributed by atoms with Crippen LogP contribution in [0.25, 0.3) is 0 Å². The van der Waals surface area contributed by atoms with Crippen molar-refractivity contribution in [3.63, 3.8) is 0 Å². The molecular weight excluding hydrogens is 474 g/mol. The maximum atomic E-state index is 12.5.